The van der Waals surface area contributed by atoms with Crippen molar-refractivity contribution in [3.63, 3.8) is 0 Å². The molecule has 0 saturated heterocycles. The van der Waals surface area contributed by atoms with Gasteiger partial charge in [0.1, 0.15) is 6.61 Å². The second-order valence-corrected chi connectivity index (χ2v) is 6.54. The first-order valence-electron chi connectivity index (χ1n) is 8.83. The zero-order valence-corrected chi connectivity index (χ0v) is 15.9. The highest BCUT2D eigenvalue weighted by atomic mass is 16.5. The summed E-state index contributed by atoms with van der Waals surface area (Å²) < 4.78 is 5.31. The third-order valence-electron chi connectivity index (χ3n) is 3.63. The van der Waals surface area contributed by atoms with Crippen LogP contribution in [0.15, 0.2) is 59.7 Å². The summed E-state index contributed by atoms with van der Waals surface area (Å²) in [6.45, 7) is 6.45. The molecule has 0 fully saturated rings. The van der Waals surface area contributed by atoms with Gasteiger partial charge in [0.2, 0.25) is 5.91 Å². The molecule has 0 spiro atoms. The van der Waals surface area contributed by atoms with Crippen molar-refractivity contribution < 1.29 is 14.3 Å². The van der Waals surface area contributed by atoms with Crippen LogP contribution in [-0.2, 0) is 9.53 Å². The Morgan fingerprint density at radius 3 is 2.30 bits per heavy atom. The molecular formula is C21H25N3O3. The molecule has 0 heterocycles. The van der Waals surface area contributed by atoms with Crippen LogP contribution in [0.3, 0.4) is 0 Å². The van der Waals surface area contributed by atoms with E-state index in [-0.39, 0.29) is 18.4 Å². The van der Waals surface area contributed by atoms with Crippen LogP contribution in [0.25, 0.3) is 0 Å². The van der Waals surface area contributed by atoms with E-state index in [0.29, 0.717) is 29.5 Å². The Balaban J connectivity index is 1.88. The Bertz CT molecular complexity index is 784. The van der Waals surface area contributed by atoms with E-state index in [1.165, 1.54) is 0 Å². The minimum atomic E-state index is -0.264. The zero-order chi connectivity index (χ0) is 19.6. The summed E-state index contributed by atoms with van der Waals surface area (Å²) in [6, 6.07) is 16.1. The van der Waals surface area contributed by atoms with E-state index in [1.807, 2.05) is 32.0 Å². The van der Waals surface area contributed by atoms with Gasteiger partial charge in [-0.15, -0.1) is 0 Å². The molecule has 142 valence electrons. The van der Waals surface area contributed by atoms with Crippen molar-refractivity contribution in [1.29, 1.82) is 0 Å². The molecule has 0 aliphatic rings. The summed E-state index contributed by atoms with van der Waals surface area (Å²) in [6.07, 6.45) is 0. The van der Waals surface area contributed by atoms with Crippen molar-refractivity contribution in [2.24, 2.45) is 11.0 Å². The smallest absolute Gasteiger partial charge is 0.271 e. The van der Waals surface area contributed by atoms with Crippen molar-refractivity contribution in [3.8, 4) is 0 Å². The van der Waals surface area contributed by atoms with Crippen LogP contribution in [0.1, 0.15) is 36.7 Å². The lowest BCUT2D eigenvalue weighted by molar-refractivity contribution is -0.120. The summed E-state index contributed by atoms with van der Waals surface area (Å²) >= 11 is 0. The molecule has 0 aromatic heterocycles. The number of rotatable bonds is 8. The summed E-state index contributed by atoms with van der Waals surface area (Å²) in [4.78, 5) is 23.8. The van der Waals surface area contributed by atoms with E-state index in [1.54, 1.807) is 43.3 Å². The number of hydrazone groups is 1. The molecule has 2 aromatic carbocycles. The predicted molar refractivity (Wildman–Crippen MR) is 107 cm³/mol. The third kappa shape index (κ3) is 7.03. The van der Waals surface area contributed by atoms with Crippen LogP contribution in [0.2, 0.25) is 0 Å². The molecule has 2 rings (SSSR count). The molecule has 6 nitrogen and oxygen atoms in total. The minimum absolute atomic E-state index is 0.0337. The van der Waals surface area contributed by atoms with Gasteiger partial charge >= 0.3 is 0 Å². The summed E-state index contributed by atoms with van der Waals surface area (Å²) in [7, 11) is 0. The maximum Gasteiger partial charge on any atom is 0.271 e. The van der Waals surface area contributed by atoms with E-state index >= 15 is 0 Å². The molecule has 2 N–H and O–H groups in total. The van der Waals surface area contributed by atoms with E-state index < -0.39 is 0 Å². The van der Waals surface area contributed by atoms with Crippen LogP contribution in [-0.4, -0.2) is 30.7 Å². The van der Waals surface area contributed by atoms with Crippen molar-refractivity contribution >= 4 is 23.2 Å². The minimum Gasteiger partial charge on any atom is -0.371 e. The van der Waals surface area contributed by atoms with Gasteiger partial charge in [-0.25, -0.2) is 5.43 Å². The lowest BCUT2D eigenvalue weighted by atomic mass is 10.1. The number of carbonyl (C=O) groups is 2. The quantitative estimate of drug-likeness (QED) is 0.554. The van der Waals surface area contributed by atoms with Crippen LogP contribution < -0.4 is 10.7 Å². The fraction of sp³-hybridized carbons (Fsp3) is 0.286. The van der Waals surface area contributed by atoms with E-state index in [2.05, 4.69) is 15.8 Å². The molecule has 6 heteroatoms. The second kappa shape index (κ2) is 10.2. The number of nitrogens with zero attached hydrogens (tertiary/aromatic N) is 1. The monoisotopic (exact) mass is 367 g/mol. The molecule has 0 aliphatic carbocycles. The molecule has 0 bridgehead atoms. The molecule has 0 radical (unpaired) electrons. The van der Waals surface area contributed by atoms with Gasteiger partial charge < -0.3 is 10.1 Å². The summed E-state index contributed by atoms with van der Waals surface area (Å²) in [5.74, 6) is -0.0640. The Hall–Kier alpha value is -2.99. The summed E-state index contributed by atoms with van der Waals surface area (Å²) in [5, 5.41) is 6.91. The first kappa shape index (κ1) is 20.3. The number of hydrogen-bond donors (Lipinski definition) is 2. The number of carbonyl (C=O) groups excluding carboxylic acids is 2. The molecule has 2 amide bonds. The topological polar surface area (TPSA) is 79.8 Å². The van der Waals surface area contributed by atoms with Gasteiger partial charge in [0.25, 0.3) is 5.91 Å². The molecule has 27 heavy (non-hydrogen) atoms. The van der Waals surface area contributed by atoms with Crippen LogP contribution in [0.5, 0.6) is 0 Å². The Kier molecular flexibility index (Phi) is 7.70. The number of amides is 2. The molecule has 0 aliphatic heterocycles. The number of ether oxygens (including phenoxy) is 1. The zero-order valence-electron chi connectivity index (χ0n) is 15.9. The molecule has 2 aromatic rings. The van der Waals surface area contributed by atoms with Crippen LogP contribution in [0.4, 0.5) is 5.69 Å². The van der Waals surface area contributed by atoms with E-state index in [9.17, 15) is 9.59 Å². The highest BCUT2D eigenvalue weighted by Gasteiger charge is 2.06. The van der Waals surface area contributed by atoms with Crippen molar-refractivity contribution in [2.45, 2.75) is 20.8 Å². The highest BCUT2D eigenvalue weighted by Crippen LogP contribution is 2.10. The highest BCUT2D eigenvalue weighted by molar-refractivity contribution is 6.01. The lowest BCUT2D eigenvalue weighted by Gasteiger charge is -2.09. The van der Waals surface area contributed by atoms with Gasteiger partial charge in [-0.3, -0.25) is 9.59 Å². The maximum absolute atomic E-state index is 12.0. The normalized spacial score (nSPS) is 11.3. The first-order valence-corrected chi connectivity index (χ1v) is 8.83. The predicted octanol–water partition coefficient (Wildman–Crippen LogP) is 3.45. The second-order valence-electron chi connectivity index (χ2n) is 6.54. The van der Waals surface area contributed by atoms with Gasteiger partial charge in [-0.2, -0.15) is 5.10 Å². The van der Waals surface area contributed by atoms with E-state index in [0.717, 1.165) is 5.56 Å². The lowest BCUT2D eigenvalue weighted by Crippen LogP contribution is -2.20. The van der Waals surface area contributed by atoms with Gasteiger partial charge in [0.05, 0.1) is 5.71 Å². The average Bonchev–Trinajstić information content (AvgIpc) is 2.66. The van der Waals surface area contributed by atoms with Gasteiger partial charge in [-0.05, 0) is 42.7 Å². The molecule has 0 unspecified atom stereocenters. The maximum atomic E-state index is 12.0. The van der Waals surface area contributed by atoms with Gasteiger partial charge in [0, 0.05) is 17.9 Å². The standard InChI is InChI=1S/C21H25N3O3/c1-15(2)13-27-14-20(25)22-19-11-9-17(10-12-19)16(3)23-24-21(26)18-7-5-4-6-8-18/h4-12,15H,13-14H2,1-3H3,(H,22,25)(H,24,26)/b23-16+. The molecular weight excluding hydrogens is 342 g/mol. The average molecular weight is 367 g/mol. The van der Waals surface area contributed by atoms with Crippen LogP contribution in [0, 0.1) is 5.92 Å². The molecule has 0 saturated carbocycles. The van der Waals surface area contributed by atoms with Crippen molar-refractivity contribution in [2.75, 3.05) is 18.5 Å². The SMILES string of the molecule is C/C(=N\NC(=O)c1ccccc1)c1ccc(NC(=O)COCC(C)C)cc1. The number of nitrogens with one attached hydrogen (secondary N) is 2. The fourth-order valence-corrected chi connectivity index (χ4v) is 2.23. The third-order valence-corrected chi connectivity index (χ3v) is 3.63. The van der Waals surface area contributed by atoms with Gasteiger partial charge in [0.15, 0.2) is 0 Å². The molecule has 0 atom stereocenters. The van der Waals surface area contributed by atoms with Gasteiger partial charge in [-0.1, -0.05) is 44.2 Å². The largest absolute Gasteiger partial charge is 0.371 e. The summed E-state index contributed by atoms with van der Waals surface area (Å²) in [5.41, 5.74) is 5.27. The Morgan fingerprint density at radius 2 is 1.67 bits per heavy atom. The first-order chi connectivity index (χ1) is 13.0. The van der Waals surface area contributed by atoms with Crippen LogP contribution >= 0.6 is 0 Å². The van der Waals surface area contributed by atoms with Crippen molar-refractivity contribution in [1.82, 2.24) is 5.43 Å². The Labute approximate surface area is 159 Å². The Morgan fingerprint density at radius 1 is 1.00 bits per heavy atom. The fourth-order valence-electron chi connectivity index (χ4n) is 2.23. The number of benzene rings is 2. The number of anilines is 1. The van der Waals surface area contributed by atoms with E-state index in [4.69, 9.17) is 4.74 Å². The number of hydrogen-bond acceptors (Lipinski definition) is 4. The van der Waals surface area contributed by atoms with Crippen molar-refractivity contribution in [3.05, 3.63) is 65.7 Å².